The van der Waals surface area contributed by atoms with Crippen LogP contribution in [0.25, 0.3) is 0 Å². The average molecular weight is 800 g/mol. The molecule has 1 unspecified atom stereocenters. The molecule has 52 heavy (non-hydrogen) atoms. The van der Waals surface area contributed by atoms with Gasteiger partial charge < -0.3 is 23.1 Å². The fourth-order valence-corrected chi connectivity index (χ4v) is 12.2. The van der Waals surface area contributed by atoms with Crippen molar-refractivity contribution < 1.29 is 27.9 Å². The SMILES string of the molecule is CCC[C@@H](C)[C@H](O[Si](C)(C)C(C)(C)C)[C@H](C)[C@@H](O[Si](C)(C)C(C)(C)C)[C@@H](C)[C@H](CC1=NC(C2=N[C@@](C)(C3=N[C@@](C)(C(=O)OC)CS3)CS2)CO1)OC. The van der Waals surface area contributed by atoms with Crippen LogP contribution in [0.4, 0.5) is 0 Å². The molecule has 9 nitrogen and oxygen atoms in total. The fraction of sp³-hybridized carbons (Fsp3) is 0.897. The van der Waals surface area contributed by atoms with E-state index in [4.69, 9.17) is 38.0 Å². The zero-order chi connectivity index (χ0) is 39.7. The Labute approximate surface area is 327 Å². The number of rotatable bonds is 17. The van der Waals surface area contributed by atoms with Gasteiger partial charge in [0.05, 0.1) is 41.9 Å². The van der Waals surface area contributed by atoms with Gasteiger partial charge in [-0.1, -0.05) is 75.7 Å². The number of hydrogen-bond donors (Lipinski definition) is 0. The number of carbonyl (C=O) groups excluding carboxylic acids is 1. The Hall–Kier alpha value is -0.706. The van der Waals surface area contributed by atoms with E-state index in [2.05, 4.69) is 102 Å². The molecule has 9 atom stereocenters. The fourth-order valence-electron chi connectivity index (χ4n) is 6.71. The highest BCUT2D eigenvalue weighted by atomic mass is 32.2. The molecule has 0 saturated carbocycles. The number of esters is 1. The zero-order valence-corrected chi connectivity index (χ0v) is 39.5. The highest BCUT2D eigenvalue weighted by Gasteiger charge is 2.49. The number of carbonyl (C=O) groups is 1. The minimum absolute atomic E-state index is 0.0542. The normalized spacial score (nSPS) is 28.0. The van der Waals surface area contributed by atoms with Gasteiger partial charge >= 0.3 is 5.97 Å². The number of hydrogen-bond acceptors (Lipinski definition) is 11. The molecule has 0 spiro atoms. The first-order valence-corrected chi connectivity index (χ1v) is 27.2. The van der Waals surface area contributed by atoms with Gasteiger partial charge in [-0.2, -0.15) is 0 Å². The van der Waals surface area contributed by atoms with E-state index in [1.54, 1.807) is 30.6 Å². The summed E-state index contributed by atoms with van der Waals surface area (Å²) in [5, 5.41) is 2.00. The summed E-state index contributed by atoms with van der Waals surface area (Å²) in [5.74, 6) is 2.31. The van der Waals surface area contributed by atoms with Crippen LogP contribution in [0.1, 0.15) is 102 Å². The molecule has 3 heterocycles. The third kappa shape index (κ3) is 10.4. The van der Waals surface area contributed by atoms with Gasteiger partial charge in [0.1, 0.15) is 18.2 Å². The number of ether oxygens (including phenoxy) is 3. The lowest BCUT2D eigenvalue weighted by molar-refractivity contribution is -0.145. The highest BCUT2D eigenvalue weighted by molar-refractivity contribution is 8.16. The van der Waals surface area contributed by atoms with Crippen LogP contribution in [0.15, 0.2) is 15.0 Å². The Balaban J connectivity index is 1.90. The molecule has 3 aliphatic heterocycles. The lowest BCUT2D eigenvalue weighted by Gasteiger charge is -2.48. The van der Waals surface area contributed by atoms with E-state index in [1.165, 1.54) is 7.11 Å². The van der Waals surface area contributed by atoms with E-state index >= 15 is 0 Å². The van der Waals surface area contributed by atoms with Gasteiger partial charge in [-0.15, -0.1) is 23.5 Å². The van der Waals surface area contributed by atoms with Crippen LogP contribution in [0.5, 0.6) is 0 Å². The van der Waals surface area contributed by atoms with Gasteiger partial charge in [0, 0.05) is 30.5 Å². The molecule has 0 fully saturated rings. The Morgan fingerprint density at radius 2 is 1.48 bits per heavy atom. The summed E-state index contributed by atoms with van der Waals surface area (Å²) in [5.41, 5.74) is -1.37. The summed E-state index contributed by atoms with van der Waals surface area (Å²) >= 11 is 3.31. The van der Waals surface area contributed by atoms with Gasteiger partial charge in [-0.05, 0) is 62.5 Å². The molecule has 0 amide bonds. The van der Waals surface area contributed by atoms with Crippen LogP contribution < -0.4 is 0 Å². The summed E-state index contributed by atoms with van der Waals surface area (Å²) in [6.45, 7) is 37.0. The second-order valence-electron chi connectivity index (χ2n) is 19.0. The summed E-state index contributed by atoms with van der Waals surface area (Å²) in [6.07, 6.45) is 2.63. The average Bonchev–Trinajstić information content (AvgIpc) is 3.79. The predicted octanol–water partition coefficient (Wildman–Crippen LogP) is 9.66. The summed E-state index contributed by atoms with van der Waals surface area (Å²) in [6, 6.07) is -0.163. The second-order valence-corrected chi connectivity index (χ2v) is 30.5. The minimum atomic E-state index is -2.18. The molecule has 0 aliphatic carbocycles. The molecule has 3 rings (SSSR count). The van der Waals surface area contributed by atoms with Crippen molar-refractivity contribution in [2.75, 3.05) is 32.3 Å². The van der Waals surface area contributed by atoms with Gasteiger partial charge in [-0.25, -0.2) is 9.79 Å². The van der Waals surface area contributed by atoms with E-state index in [0.717, 1.165) is 28.7 Å². The molecule has 300 valence electrons. The molecule has 0 saturated heterocycles. The molecule has 0 aromatic heterocycles. The quantitative estimate of drug-likeness (QED) is 0.106. The Morgan fingerprint density at radius 1 is 0.904 bits per heavy atom. The molecule has 0 radical (unpaired) electrons. The van der Waals surface area contributed by atoms with Crippen molar-refractivity contribution in [1.29, 1.82) is 0 Å². The molecular formula is C39H73N3O6S2Si2. The lowest BCUT2D eigenvalue weighted by Crippen LogP contribution is -2.54. The van der Waals surface area contributed by atoms with Crippen LogP contribution >= 0.6 is 23.5 Å². The van der Waals surface area contributed by atoms with Crippen molar-refractivity contribution in [2.45, 2.75) is 174 Å². The Bertz CT molecular complexity index is 1350. The number of methoxy groups -OCH3 is 2. The minimum Gasteiger partial charge on any atom is -0.478 e. The lowest BCUT2D eigenvalue weighted by atomic mass is 9.80. The van der Waals surface area contributed by atoms with Crippen LogP contribution in [0, 0.1) is 17.8 Å². The van der Waals surface area contributed by atoms with Gasteiger partial charge in [-0.3, -0.25) is 9.98 Å². The first kappa shape index (κ1) is 45.7. The highest BCUT2D eigenvalue weighted by Crippen LogP contribution is 2.45. The number of aliphatic imine (C=N–C) groups is 3. The van der Waals surface area contributed by atoms with Crippen LogP contribution in [-0.2, 0) is 27.9 Å². The van der Waals surface area contributed by atoms with E-state index in [9.17, 15) is 4.79 Å². The molecular weight excluding hydrogens is 727 g/mol. The van der Waals surface area contributed by atoms with E-state index in [0.29, 0.717) is 30.6 Å². The monoisotopic (exact) mass is 799 g/mol. The number of nitrogens with zero attached hydrogens (tertiary/aromatic N) is 3. The molecule has 0 N–H and O–H groups in total. The first-order valence-electron chi connectivity index (χ1n) is 19.4. The van der Waals surface area contributed by atoms with E-state index in [-0.39, 0.29) is 52.2 Å². The van der Waals surface area contributed by atoms with E-state index in [1.807, 2.05) is 6.92 Å². The molecule has 0 aromatic carbocycles. The second kappa shape index (κ2) is 17.2. The van der Waals surface area contributed by atoms with Gasteiger partial charge in [0.2, 0.25) is 0 Å². The van der Waals surface area contributed by atoms with Crippen LogP contribution in [0.2, 0.25) is 36.3 Å². The number of thioether (sulfide) groups is 2. The maximum absolute atomic E-state index is 12.4. The zero-order valence-electron chi connectivity index (χ0n) is 35.9. The topological polar surface area (TPSA) is 100 Å². The van der Waals surface area contributed by atoms with Crippen molar-refractivity contribution in [3.8, 4) is 0 Å². The van der Waals surface area contributed by atoms with Gasteiger partial charge in [0.25, 0.3) is 0 Å². The van der Waals surface area contributed by atoms with Crippen molar-refractivity contribution in [3.63, 3.8) is 0 Å². The maximum atomic E-state index is 12.4. The largest absolute Gasteiger partial charge is 0.478 e. The third-order valence-electron chi connectivity index (χ3n) is 12.4. The summed E-state index contributed by atoms with van der Waals surface area (Å²) in [7, 11) is -1.04. The first-order chi connectivity index (χ1) is 23.8. The maximum Gasteiger partial charge on any atom is 0.334 e. The van der Waals surface area contributed by atoms with Crippen LogP contribution in [0.3, 0.4) is 0 Å². The third-order valence-corrected chi connectivity index (χ3v) is 24.2. The van der Waals surface area contributed by atoms with Gasteiger partial charge in [0.15, 0.2) is 28.1 Å². The molecule has 0 aromatic rings. The summed E-state index contributed by atoms with van der Waals surface area (Å²) < 4.78 is 32.4. The Kier molecular flexibility index (Phi) is 15.1. The van der Waals surface area contributed by atoms with Crippen molar-refractivity contribution in [1.82, 2.24) is 0 Å². The van der Waals surface area contributed by atoms with E-state index < -0.39 is 27.7 Å². The smallest absolute Gasteiger partial charge is 0.334 e. The van der Waals surface area contributed by atoms with Crippen molar-refractivity contribution in [2.24, 2.45) is 32.7 Å². The summed E-state index contributed by atoms with van der Waals surface area (Å²) in [4.78, 5) is 27.4. The molecule has 3 aliphatic rings. The Morgan fingerprint density at radius 3 is 2.00 bits per heavy atom. The molecule has 13 heteroatoms. The molecule has 0 bridgehead atoms. The predicted molar refractivity (Wildman–Crippen MR) is 228 cm³/mol. The van der Waals surface area contributed by atoms with Crippen LogP contribution in [-0.4, -0.2) is 106 Å². The van der Waals surface area contributed by atoms with Crippen molar-refractivity contribution in [3.05, 3.63) is 0 Å². The standard InChI is InChI=1S/C39H73N3O6S2Si2/c1-19-20-25(2)31(47-51(15,16)36(5,6)7)27(4)32(48-52(17,18)37(8,9)10)26(3)29(44-13)21-30-40-28(22-46-30)33-41-38(11,23-49-33)34-42-39(12,24-50-34)35(43)45-14/h25-29,31-32H,19-24H2,1-18H3/t25-,26+,27+,28?,29+,31+,32+,38-,39-/m1/s1. The van der Waals surface area contributed by atoms with Crippen molar-refractivity contribution >= 4 is 62.1 Å².